The van der Waals surface area contributed by atoms with Gasteiger partial charge in [0.2, 0.25) is 0 Å². The van der Waals surface area contributed by atoms with Crippen molar-refractivity contribution in [3.05, 3.63) is 39.5 Å². The number of hydrogen-bond donors (Lipinski definition) is 2. The molecule has 0 spiro atoms. The van der Waals surface area contributed by atoms with Crippen molar-refractivity contribution in [1.82, 2.24) is 9.94 Å². The van der Waals surface area contributed by atoms with Gasteiger partial charge >= 0.3 is 0 Å². The molecule has 0 saturated carbocycles. The van der Waals surface area contributed by atoms with Crippen LogP contribution in [0.25, 0.3) is 0 Å². The van der Waals surface area contributed by atoms with Gasteiger partial charge in [0.25, 0.3) is 0 Å². The highest BCUT2D eigenvalue weighted by Gasteiger charge is 1.99. The summed E-state index contributed by atoms with van der Waals surface area (Å²) in [4.78, 5) is 4.95. The summed E-state index contributed by atoms with van der Waals surface area (Å²) in [5, 5.41) is 17.2. The summed E-state index contributed by atoms with van der Waals surface area (Å²) in [6.45, 7) is 2.35. The summed E-state index contributed by atoms with van der Waals surface area (Å²) in [5.41, 5.74) is 7.86. The number of aromatic nitrogens is 2. The van der Waals surface area contributed by atoms with E-state index in [1.54, 1.807) is 17.4 Å². The molecule has 0 atom stereocenters. The molecular formula is C10H12N4OS. The van der Waals surface area contributed by atoms with Crippen LogP contribution >= 0.6 is 11.3 Å². The van der Waals surface area contributed by atoms with Gasteiger partial charge in [-0.05, 0) is 40.9 Å². The lowest BCUT2D eigenvalue weighted by atomic mass is 10.3. The number of nitrogens with zero attached hydrogens (tertiary/aromatic N) is 3. The third kappa shape index (κ3) is 2.22. The van der Waals surface area contributed by atoms with Gasteiger partial charge in [-0.1, -0.05) is 4.85 Å². The Labute approximate surface area is 96.5 Å². The number of thiophene rings is 1. The number of aryl methyl sites for hydroxylation is 1. The lowest BCUT2D eigenvalue weighted by molar-refractivity contribution is 0.132. The minimum Gasteiger partial charge on any atom is -0.410 e. The number of nitrogens with two attached hydrogens (primary N) is 1. The van der Waals surface area contributed by atoms with Crippen LogP contribution in [0, 0.1) is 6.92 Å². The van der Waals surface area contributed by atoms with Crippen LogP contribution in [0.5, 0.6) is 0 Å². The van der Waals surface area contributed by atoms with Crippen LogP contribution in [0.1, 0.15) is 11.1 Å². The first kappa shape index (κ1) is 10.7. The summed E-state index contributed by atoms with van der Waals surface area (Å²) >= 11 is 1.62. The van der Waals surface area contributed by atoms with Crippen molar-refractivity contribution in [3.63, 3.8) is 0 Å². The maximum Gasteiger partial charge on any atom is 0.186 e. The molecule has 2 aromatic heterocycles. The zero-order valence-corrected chi connectivity index (χ0v) is 9.61. The second-order valence-electron chi connectivity index (χ2n) is 3.41. The number of nitrogen functional groups attached to an aromatic ring is 1. The van der Waals surface area contributed by atoms with E-state index in [9.17, 15) is 5.21 Å². The van der Waals surface area contributed by atoms with Crippen molar-refractivity contribution in [3.8, 4) is 0 Å². The molecule has 0 aliphatic rings. The first-order valence-electron chi connectivity index (χ1n) is 4.74. The third-order valence-electron chi connectivity index (χ3n) is 2.16. The molecule has 6 heteroatoms. The molecule has 0 aliphatic carbocycles. The molecular weight excluding hydrogens is 224 g/mol. The standard InChI is InChI=1S/C10H12N4OS/c1-7-4-9(14(15)13-10(7)11)12-5-8-2-3-16-6-8/h2-4,6,15H,5H2,1H3,(H2,11,13). The van der Waals surface area contributed by atoms with E-state index in [-0.39, 0.29) is 0 Å². The Morgan fingerprint density at radius 1 is 1.62 bits per heavy atom. The second-order valence-corrected chi connectivity index (χ2v) is 4.19. The monoisotopic (exact) mass is 236 g/mol. The summed E-state index contributed by atoms with van der Waals surface area (Å²) < 4.78 is 0. The Hall–Kier alpha value is -1.82. The Kier molecular flexibility index (Phi) is 2.91. The van der Waals surface area contributed by atoms with Gasteiger partial charge in [0, 0.05) is 0 Å². The highest BCUT2D eigenvalue weighted by Crippen LogP contribution is 2.06. The predicted molar refractivity (Wildman–Crippen MR) is 62.1 cm³/mol. The van der Waals surface area contributed by atoms with E-state index < -0.39 is 0 Å². The molecule has 5 nitrogen and oxygen atoms in total. The molecule has 3 N–H and O–H groups in total. The molecule has 0 aliphatic heterocycles. The van der Waals surface area contributed by atoms with Crippen LogP contribution in [-0.2, 0) is 6.54 Å². The van der Waals surface area contributed by atoms with Gasteiger partial charge in [-0.15, -0.1) is 5.10 Å². The van der Waals surface area contributed by atoms with Gasteiger partial charge < -0.3 is 10.9 Å². The molecule has 2 aromatic rings. The molecule has 16 heavy (non-hydrogen) atoms. The van der Waals surface area contributed by atoms with Gasteiger partial charge in [-0.3, -0.25) is 4.99 Å². The normalized spacial score (nSPS) is 11.9. The van der Waals surface area contributed by atoms with Gasteiger partial charge in [-0.2, -0.15) is 11.3 Å². The fraction of sp³-hybridized carbons (Fsp3) is 0.200. The Morgan fingerprint density at radius 3 is 3.12 bits per heavy atom. The maximum absolute atomic E-state index is 9.48. The smallest absolute Gasteiger partial charge is 0.186 e. The van der Waals surface area contributed by atoms with Gasteiger partial charge in [0.05, 0.1) is 6.54 Å². The highest BCUT2D eigenvalue weighted by molar-refractivity contribution is 7.07. The van der Waals surface area contributed by atoms with Crippen LogP contribution in [0.15, 0.2) is 27.9 Å². The summed E-state index contributed by atoms with van der Waals surface area (Å²) in [7, 11) is 0. The van der Waals surface area contributed by atoms with E-state index in [4.69, 9.17) is 5.73 Å². The van der Waals surface area contributed by atoms with E-state index in [2.05, 4.69) is 10.1 Å². The second kappa shape index (κ2) is 4.36. The zero-order valence-electron chi connectivity index (χ0n) is 8.79. The maximum atomic E-state index is 9.48. The molecule has 84 valence electrons. The van der Waals surface area contributed by atoms with Crippen LogP contribution in [-0.4, -0.2) is 15.2 Å². The van der Waals surface area contributed by atoms with Crippen LogP contribution < -0.4 is 11.2 Å². The van der Waals surface area contributed by atoms with E-state index in [0.29, 0.717) is 22.7 Å². The molecule has 2 heterocycles. The first-order chi connectivity index (χ1) is 7.66. The molecule has 0 fully saturated rings. The minimum atomic E-state index is 0.303. The number of anilines is 1. The molecule has 0 unspecified atom stereocenters. The Bertz CT molecular complexity index is 544. The van der Waals surface area contributed by atoms with Crippen LogP contribution in [0.3, 0.4) is 0 Å². The Balaban J connectivity index is 2.33. The van der Waals surface area contributed by atoms with Crippen molar-refractivity contribution in [2.45, 2.75) is 13.5 Å². The quantitative estimate of drug-likeness (QED) is 0.768. The molecule has 2 rings (SSSR count). The van der Waals surface area contributed by atoms with E-state index >= 15 is 0 Å². The predicted octanol–water partition coefficient (Wildman–Crippen LogP) is 1.17. The average Bonchev–Trinajstić information content (AvgIpc) is 2.74. The molecule has 0 radical (unpaired) electrons. The fourth-order valence-electron chi connectivity index (χ4n) is 1.22. The molecule has 0 amide bonds. The van der Waals surface area contributed by atoms with Crippen molar-refractivity contribution >= 4 is 17.2 Å². The van der Waals surface area contributed by atoms with Gasteiger partial charge in [0.1, 0.15) is 0 Å². The van der Waals surface area contributed by atoms with Gasteiger partial charge in [-0.25, -0.2) is 0 Å². The van der Waals surface area contributed by atoms with Crippen LogP contribution in [0.4, 0.5) is 5.82 Å². The average molecular weight is 236 g/mol. The topological polar surface area (TPSA) is 76.4 Å². The number of hydrogen-bond acceptors (Lipinski definition) is 5. The zero-order chi connectivity index (χ0) is 11.5. The van der Waals surface area contributed by atoms with Crippen molar-refractivity contribution < 1.29 is 5.21 Å². The van der Waals surface area contributed by atoms with E-state index in [0.717, 1.165) is 11.1 Å². The van der Waals surface area contributed by atoms with Crippen LogP contribution in [0.2, 0.25) is 0 Å². The summed E-state index contributed by atoms with van der Waals surface area (Å²) in [6, 6.07) is 3.70. The SMILES string of the molecule is Cc1cc(=NCc2ccsc2)n(O)nc1N. The lowest BCUT2D eigenvalue weighted by Crippen LogP contribution is -2.23. The fourth-order valence-corrected chi connectivity index (χ4v) is 1.88. The highest BCUT2D eigenvalue weighted by atomic mass is 32.1. The minimum absolute atomic E-state index is 0.303. The van der Waals surface area contributed by atoms with Gasteiger partial charge in [0.15, 0.2) is 11.3 Å². The molecule has 0 aromatic carbocycles. The van der Waals surface area contributed by atoms with Crippen molar-refractivity contribution in [2.75, 3.05) is 5.73 Å². The molecule has 0 saturated heterocycles. The summed E-state index contributed by atoms with van der Waals surface area (Å²) in [5.74, 6) is 0.303. The Morgan fingerprint density at radius 2 is 2.44 bits per heavy atom. The largest absolute Gasteiger partial charge is 0.410 e. The lowest BCUT2D eigenvalue weighted by Gasteiger charge is -2.01. The molecule has 0 bridgehead atoms. The van der Waals surface area contributed by atoms with E-state index in [1.165, 1.54) is 0 Å². The van der Waals surface area contributed by atoms with Crippen molar-refractivity contribution in [1.29, 1.82) is 0 Å². The van der Waals surface area contributed by atoms with Crippen molar-refractivity contribution in [2.24, 2.45) is 4.99 Å². The summed E-state index contributed by atoms with van der Waals surface area (Å²) in [6.07, 6.45) is 0. The third-order valence-corrected chi connectivity index (χ3v) is 2.89. The van der Waals surface area contributed by atoms with E-state index in [1.807, 2.05) is 23.8 Å². The first-order valence-corrected chi connectivity index (χ1v) is 5.68. The number of rotatable bonds is 2.